The van der Waals surface area contributed by atoms with Crippen molar-refractivity contribution < 1.29 is 4.42 Å². The molecule has 0 saturated heterocycles. The maximum atomic E-state index is 5.62. The maximum Gasteiger partial charge on any atom is 0.131 e. The highest BCUT2D eigenvalue weighted by molar-refractivity contribution is 5.44. The lowest BCUT2D eigenvalue weighted by atomic mass is 10.3. The quantitative estimate of drug-likeness (QED) is 0.815. The molecule has 2 aromatic heterocycles. The molecule has 0 aliphatic heterocycles. The third-order valence-electron chi connectivity index (χ3n) is 2.12. The minimum absolute atomic E-state index is 0.480. The van der Waals surface area contributed by atoms with Crippen molar-refractivity contribution in [2.24, 2.45) is 0 Å². The molecule has 0 atom stereocenters. The fourth-order valence-electron chi connectivity index (χ4n) is 1.45. The van der Waals surface area contributed by atoms with Gasteiger partial charge in [-0.05, 0) is 19.1 Å². The van der Waals surface area contributed by atoms with E-state index in [0.717, 1.165) is 24.5 Å². The van der Waals surface area contributed by atoms with Crippen LogP contribution in [0.5, 0.6) is 0 Å². The van der Waals surface area contributed by atoms with E-state index in [9.17, 15) is 0 Å². The average molecular weight is 218 g/mol. The maximum absolute atomic E-state index is 5.62. The molecule has 0 bridgehead atoms. The number of hydrogen-bond acceptors (Lipinski definition) is 5. The molecule has 2 heterocycles. The van der Waals surface area contributed by atoms with Gasteiger partial charge < -0.3 is 15.5 Å². The Labute approximate surface area is 93.7 Å². The fraction of sp³-hybridized carbons (Fsp3) is 0.273. The van der Waals surface area contributed by atoms with Crippen molar-refractivity contribution >= 4 is 11.6 Å². The minimum atomic E-state index is 0.480. The first-order chi connectivity index (χ1) is 7.74. The van der Waals surface area contributed by atoms with Gasteiger partial charge in [-0.25, -0.2) is 9.97 Å². The first-order valence-corrected chi connectivity index (χ1v) is 5.11. The molecule has 3 N–H and O–H groups in total. The second kappa shape index (κ2) is 4.65. The SMILES string of the molecule is Cc1nc(N)cc(NCCc2ccco2)n1. The van der Waals surface area contributed by atoms with Gasteiger partial charge in [0.1, 0.15) is 23.2 Å². The Kier molecular flexibility index (Phi) is 3.05. The molecule has 2 aromatic rings. The van der Waals surface area contributed by atoms with Crippen molar-refractivity contribution in [3.8, 4) is 0 Å². The van der Waals surface area contributed by atoms with Crippen LogP contribution in [0.15, 0.2) is 28.9 Å². The normalized spacial score (nSPS) is 10.3. The predicted molar refractivity (Wildman–Crippen MR) is 62.1 cm³/mol. The van der Waals surface area contributed by atoms with Crippen molar-refractivity contribution in [3.05, 3.63) is 36.0 Å². The fourth-order valence-corrected chi connectivity index (χ4v) is 1.45. The van der Waals surface area contributed by atoms with Gasteiger partial charge in [0.25, 0.3) is 0 Å². The Morgan fingerprint density at radius 2 is 2.31 bits per heavy atom. The van der Waals surface area contributed by atoms with Crippen LogP contribution in [-0.2, 0) is 6.42 Å². The van der Waals surface area contributed by atoms with E-state index < -0.39 is 0 Å². The number of nitrogens with two attached hydrogens (primary N) is 1. The van der Waals surface area contributed by atoms with Crippen LogP contribution in [0.3, 0.4) is 0 Å². The van der Waals surface area contributed by atoms with Crippen molar-refractivity contribution in [1.29, 1.82) is 0 Å². The molecule has 16 heavy (non-hydrogen) atoms. The lowest BCUT2D eigenvalue weighted by Crippen LogP contribution is -2.08. The summed E-state index contributed by atoms with van der Waals surface area (Å²) in [6.45, 7) is 2.57. The molecule has 0 amide bonds. The summed E-state index contributed by atoms with van der Waals surface area (Å²) >= 11 is 0. The van der Waals surface area contributed by atoms with Crippen LogP contribution in [0.1, 0.15) is 11.6 Å². The summed E-state index contributed by atoms with van der Waals surface area (Å²) < 4.78 is 5.22. The van der Waals surface area contributed by atoms with E-state index in [-0.39, 0.29) is 0 Å². The summed E-state index contributed by atoms with van der Waals surface area (Å²) in [5.74, 6) is 2.84. The van der Waals surface area contributed by atoms with E-state index in [1.807, 2.05) is 19.1 Å². The van der Waals surface area contributed by atoms with Crippen LogP contribution in [0.2, 0.25) is 0 Å². The molecular weight excluding hydrogens is 204 g/mol. The molecule has 84 valence electrons. The molecular formula is C11H14N4O. The molecule has 0 spiro atoms. The number of hydrogen-bond donors (Lipinski definition) is 2. The Balaban J connectivity index is 1.89. The molecule has 0 saturated carbocycles. The van der Waals surface area contributed by atoms with E-state index in [1.54, 1.807) is 12.3 Å². The average Bonchev–Trinajstić information content (AvgIpc) is 2.69. The number of aryl methyl sites for hydroxylation is 1. The molecule has 2 rings (SSSR count). The molecule has 0 aromatic carbocycles. The van der Waals surface area contributed by atoms with E-state index in [2.05, 4.69) is 15.3 Å². The third-order valence-corrected chi connectivity index (χ3v) is 2.12. The Morgan fingerprint density at radius 1 is 1.44 bits per heavy atom. The second-order valence-corrected chi connectivity index (χ2v) is 3.48. The Morgan fingerprint density at radius 3 is 3.00 bits per heavy atom. The van der Waals surface area contributed by atoms with Gasteiger partial charge in [0.2, 0.25) is 0 Å². The topological polar surface area (TPSA) is 77.0 Å². The van der Waals surface area contributed by atoms with E-state index in [4.69, 9.17) is 10.2 Å². The van der Waals surface area contributed by atoms with Crippen LogP contribution in [-0.4, -0.2) is 16.5 Å². The van der Waals surface area contributed by atoms with Gasteiger partial charge in [-0.15, -0.1) is 0 Å². The van der Waals surface area contributed by atoms with Crippen molar-refractivity contribution in [2.45, 2.75) is 13.3 Å². The van der Waals surface area contributed by atoms with E-state index >= 15 is 0 Å². The van der Waals surface area contributed by atoms with Crippen molar-refractivity contribution in [3.63, 3.8) is 0 Å². The largest absolute Gasteiger partial charge is 0.469 e. The lowest BCUT2D eigenvalue weighted by Gasteiger charge is -2.05. The van der Waals surface area contributed by atoms with Gasteiger partial charge in [0, 0.05) is 19.0 Å². The second-order valence-electron chi connectivity index (χ2n) is 3.48. The predicted octanol–water partition coefficient (Wildman–Crippen LogP) is 1.61. The van der Waals surface area contributed by atoms with E-state index in [1.165, 1.54) is 0 Å². The van der Waals surface area contributed by atoms with Crippen molar-refractivity contribution in [1.82, 2.24) is 9.97 Å². The monoisotopic (exact) mass is 218 g/mol. The zero-order chi connectivity index (χ0) is 11.4. The molecule has 0 radical (unpaired) electrons. The molecule has 0 fully saturated rings. The first-order valence-electron chi connectivity index (χ1n) is 5.11. The third kappa shape index (κ3) is 2.73. The number of furan rings is 1. The summed E-state index contributed by atoms with van der Waals surface area (Å²) in [5.41, 5.74) is 5.62. The van der Waals surface area contributed by atoms with Gasteiger partial charge in [0.05, 0.1) is 6.26 Å². The smallest absolute Gasteiger partial charge is 0.131 e. The number of aromatic nitrogens is 2. The first kappa shape index (κ1) is 10.5. The zero-order valence-corrected chi connectivity index (χ0v) is 9.10. The minimum Gasteiger partial charge on any atom is -0.469 e. The summed E-state index contributed by atoms with van der Waals surface area (Å²) in [4.78, 5) is 8.22. The highest BCUT2D eigenvalue weighted by atomic mass is 16.3. The number of nitrogens with zero attached hydrogens (tertiary/aromatic N) is 2. The number of nitrogen functional groups attached to an aromatic ring is 1. The van der Waals surface area contributed by atoms with Gasteiger partial charge >= 0.3 is 0 Å². The number of anilines is 2. The molecule has 0 unspecified atom stereocenters. The summed E-state index contributed by atoms with van der Waals surface area (Å²) in [6, 6.07) is 5.54. The molecule has 5 heteroatoms. The Hall–Kier alpha value is -2.04. The van der Waals surface area contributed by atoms with Gasteiger partial charge in [0.15, 0.2) is 0 Å². The van der Waals surface area contributed by atoms with Crippen molar-refractivity contribution in [2.75, 3.05) is 17.6 Å². The van der Waals surface area contributed by atoms with E-state index in [0.29, 0.717) is 11.6 Å². The molecule has 5 nitrogen and oxygen atoms in total. The highest BCUT2D eigenvalue weighted by Gasteiger charge is 1.99. The lowest BCUT2D eigenvalue weighted by molar-refractivity contribution is 0.513. The molecule has 0 aliphatic carbocycles. The van der Waals surface area contributed by atoms with Crippen LogP contribution in [0, 0.1) is 6.92 Å². The zero-order valence-electron chi connectivity index (χ0n) is 9.10. The number of rotatable bonds is 4. The summed E-state index contributed by atoms with van der Waals surface area (Å²) in [6.07, 6.45) is 2.48. The summed E-state index contributed by atoms with van der Waals surface area (Å²) in [7, 11) is 0. The Bertz CT molecular complexity index is 433. The van der Waals surface area contributed by atoms with Gasteiger partial charge in [-0.3, -0.25) is 0 Å². The number of nitrogens with one attached hydrogen (secondary N) is 1. The van der Waals surface area contributed by atoms with Crippen LogP contribution in [0.25, 0.3) is 0 Å². The van der Waals surface area contributed by atoms with Gasteiger partial charge in [-0.2, -0.15) is 0 Å². The molecule has 0 aliphatic rings. The highest BCUT2D eigenvalue weighted by Crippen LogP contribution is 2.08. The van der Waals surface area contributed by atoms with Crippen LogP contribution in [0.4, 0.5) is 11.6 Å². The summed E-state index contributed by atoms with van der Waals surface area (Å²) in [5, 5.41) is 3.17. The van der Waals surface area contributed by atoms with Gasteiger partial charge in [-0.1, -0.05) is 0 Å². The standard InChI is InChI=1S/C11H14N4O/c1-8-14-10(12)7-11(15-8)13-5-4-9-3-2-6-16-9/h2-3,6-7H,4-5H2,1H3,(H3,12,13,14,15). The van der Waals surface area contributed by atoms with Crippen LogP contribution >= 0.6 is 0 Å². The van der Waals surface area contributed by atoms with Crippen LogP contribution < -0.4 is 11.1 Å².